The van der Waals surface area contributed by atoms with E-state index in [4.69, 9.17) is 9.47 Å². The second-order valence-electron chi connectivity index (χ2n) is 9.47. The Morgan fingerprint density at radius 1 is 1.08 bits per heavy atom. The van der Waals surface area contributed by atoms with Crippen LogP contribution in [0.2, 0.25) is 0 Å². The summed E-state index contributed by atoms with van der Waals surface area (Å²) in [6, 6.07) is 14.5. The molecule has 2 heterocycles. The first-order chi connectivity index (χ1) is 18.6. The van der Waals surface area contributed by atoms with E-state index in [0.717, 1.165) is 36.6 Å². The van der Waals surface area contributed by atoms with Gasteiger partial charge in [0.15, 0.2) is 5.75 Å². The Morgan fingerprint density at radius 3 is 2.46 bits per heavy atom. The molecule has 39 heavy (non-hydrogen) atoms. The average molecular weight is 560 g/mol. The number of carbonyl (C=O) groups is 1. The van der Waals surface area contributed by atoms with Gasteiger partial charge in [-0.15, -0.1) is 11.3 Å². The number of nitrogens with zero attached hydrogens (tertiary/aromatic N) is 1. The van der Waals surface area contributed by atoms with Crippen molar-refractivity contribution in [3.05, 3.63) is 77.6 Å². The number of hydrogen-bond acceptors (Lipinski definition) is 5. The van der Waals surface area contributed by atoms with Crippen LogP contribution in [0.4, 0.5) is 17.6 Å². The predicted molar refractivity (Wildman–Crippen MR) is 142 cm³/mol. The summed E-state index contributed by atoms with van der Waals surface area (Å²) in [5, 5.41) is 9.96. The van der Waals surface area contributed by atoms with Crippen LogP contribution in [0.5, 0.6) is 17.2 Å². The Balaban J connectivity index is 1.46. The summed E-state index contributed by atoms with van der Waals surface area (Å²) in [7, 11) is 0. The van der Waals surface area contributed by atoms with Crippen molar-refractivity contribution in [2.75, 3.05) is 26.3 Å². The summed E-state index contributed by atoms with van der Waals surface area (Å²) >= 11 is 1.09. The quantitative estimate of drug-likeness (QED) is 0.202. The Morgan fingerprint density at radius 2 is 1.79 bits per heavy atom. The predicted octanol–water partition coefficient (Wildman–Crippen LogP) is 7.73. The molecular weight excluding hydrogens is 534 g/mol. The monoisotopic (exact) mass is 559 g/mol. The number of carboxylic acid groups (broad SMARTS) is 1. The van der Waals surface area contributed by atoms with Gasteiger partial charge in [-0.05, 0) is 61.0 Å². The Kier molecular flexibility index (Phi) is 7.51. The minimum absolute atomic E-state index is 0.0137. The van der Waals surface area contributed by atoms with Crippen molar-refractivity contribution in [3.63, 3.8) is 0 Å². The normalized spacial score (nSPS) is 14.4. The average Bonchev–Trinajstić information content (AvgIpc) is 3.23. The van der Waals surface area contributed by atoms with Gasteiger partial charge in [0.1, 0.15) is 23.4 Å². The number of rotatable bonds is 10. The number of likely N-dealkylation sites (tertiary alicyclic amines) is 1. The molecule has 0 amide bonds. The molecule has 5 rings (SSSR count). The van der Waals surface area contributed by atoms with E-state index in [0.29, 0.717) is 46.4 Å². The van der Waals surface area contributed by atoms with Gasteiger partial charge in [0.2, 0.25) is 0 Å². The third kappa shape index (κ3) is 5.86. The zero-order valence-electron chi connectivity index (χ0n) is 20.9. The van der Waals surface area contributed by atoms with Crippen molar-refractivity contribution in [3.8, 4) is 27.7 Å². The standard InChI is InChI=1S/C29H25F4NO4S/c1-29(32,33)24-14-18(31)4-10-22(24)27-26(23-9-3-17(28(35)36)13-25(23)39-27)38-20-7-5-19(6-8-20)37-21-15-34(16-21)12-2-11-30/h3-10,13-14,21H,2,11-12,15-16H2,1H3,(H,35,36). The van der Waals surface area contributed by atoms with Gasteiger partial charge in [-0.3, -0.25) is 9.29 Å². The Bertz CT molecular complexity index is 1490. The van der Waals surface area contributed by atoms with E-state index in [1.54, 1.807) is 30.3 Å². The lowest BCUT2D eigenvalue weighted by Gasteiger charge is -2.38. The number of benzene rings is 3. The van der Waals surface area contributed by atoms with Gasteiger partial charge < -0.3 is 14.6 Å². The largest absolute Gasteiger partial charge is 0.488 e. The highest BCUT2D eigenvalue weighted by Crippen LogP contribution is 2.49. The molecule has 1 saturated heterocycles. The van der Waals surface area contributed by atoms with Gasteiger partial charge >= 0.3 is 5.97 Å². The first-order valence-electron chi connectivity index (χ1n) is 12.3. The lowest BCUT2D eigenvalue weighted by atomic mass is 10.00. The van der Waals surface area contributed by atoms with E-state index in [1.165, 1.54) is 18.2 Å². The molecule has 0 bridgehead atoms. The van der Waals surface area contributed by atoms with Crippen molar-refractivity contribution >= 4 is 27.4 Å². The van der Waals surface area contributed by atoms with Crippen molar-refractivity contribution in [2.24, 2.45) is 0 Å². The zero-order chi connectivity index (χ0) is 27.7. The molecule has 0 saturated carbocycles. The van der Waals surface area contributed by atoms with Crippen molar-refractivity contribution < 1.29 is 36.9 Å². The van der Waals surface area contributed by atoms with E-state index in [9.17, 15) is 27.5 Å². The van der Waals surface area contributed by atoms with Crippen LogP contribution < -0.4 is 9.47 Å². The maximum Gasteiger partial charge on any atom is 0.335 e. The third-order valence-corrected chi connectivity index (χ3v) is 7.64. The summed E-state index contributed by atoms with van der Waals surface area (Å²) in [5.41, 5.74) is -0.357. The van der Waals surface area contributed by atoms with E-state index >= 15 is 0 Å². The fourth-order valence-corrected chi connectivity index (χ4v) is 5.73. The van der Waals surface area contributed by atoms with Crippen LogP contribution in [-0.4, -0.2) is 48.4 Å². The number of aromatic carboxylic acids is 1. The van der Waals surface area contributed by atoms with Crippen LogP contribution in [0.15, 0.2) is 60.7 Å². The molecule has 1 aliphatic heterocycles. The second kappa shape index (κ2) is 10.9. The number of fused-ring (bicyclic) bond motifs is 1. The van der Waals surface area contributed by atoms with Gasteiger partial charge in [0, 0.05) is 47.8 Å². The molecule has 0 atom stereocenters. The minimum atomic E-state index is -3.33. The van der Waals surface area contributed by atoms with Crippen LogP contribution in [0, 0.1) is 5.82 Å². The molecular formula is C29H25F4NO4S. The van der Waals surface area contributed by atoms with Crippen molar-refractivity contribution in [2.45, 2.75) is 25.4 Å². The molecule has 1 N–H and O–H groups in total. The first kappa shape index (κ1) is 27.0. The van der Waals surface area contributed by atoms with E-state index < -0.39 is 23.3 Å². The SMILES string of the molecule is CC(F)(F)c1cc(F)ccc1-c1sc2cc(C(=O)O)ccc2c1Oc1ccc(OC2CN(CCCF)C2)cc1. The van der Waals surface area contributed by atoms with E-state index in [-0.39, 0.29) is 29.7 Å². The maximum absolute atomic E-state index is 14.5. The number of hydrogen-bond donors (Lipinski definition) is 1. The molecule has 1 fully saturated rings. The van der Waals surface area contributed by atoms with Crippen LogP contribution in [0.3, 0.4) is 0 Å². The topological polar surface area (TPSA) is 59.0 Å². The summed E-state index contributed by atoms with van der Waals surface area (Å²) in [5.74, 6) is -3.94. The fourth-order valence-electron chi connectivity index (χ4n) is 4.52. The van der Waals surface area contributed by atoms with Gasteiger partial charge in [-0.1, -0.05) is 6.07 Å². The molecule has 4 aromatic rings. The lowest BCUT2D eigenvalue weighted by Crippen LogP contribution is -2.53. The molecule has 1 aromatic heterocycles. The van der Waals surface area contributed by atoms with Gasteiger partial charge in [-0.2, -0.15) is 0 Å². The summed E-state index contributed by atoms with van der Waals surface area (Å²) < 4.78 is 68.0. The van der Waals surface area contributed by atoms with Gasteiger partial charge in [-0.25, -0.2) is 18.0 Å². The molecule has 5 nitrogen and oxygen atoms in total. The maximum atomic E-state index is 14.5. The van der Waals surface area contributed by atoms with E-state index in [2.05, 4.69) is 4.90 Å². The number of ether oxygens (including phenoxy) is 2. The number of thiophene rings is 1. The molecule has 0 unspecified atom stereocenters. The van der Waals surface area contributed by atoms with Crippen molar-refractivity contribution in [1.82, 2.24) is 4.90 Å². The molecule has 0 radical (unpaired) electrons. The second-order valence-corrected chi connectivity index (χ2v) is 10.5. The minimum Gasteiger partial charge on any atom is -0.488 e. The zero-order valence-corrected chi connectivity index (χ0v) is 21.7. The van der Waals surface area contributed by atoms with Gasteiger partial charge in [0.05, 0.1) is 17.1 Å². The molecule has 0 aliphatic carbocycles. The summed E-state index contributed by atoms with van der Waals surface area (Å²) in [4.78, 5) is 14.0. The third-order valence-electron chi connectivity index (χ3n) is 6.47. The smallest absolute Gasteiger partial charge is 0.335 e. The molecule has 0 spiro atoms. The molecule has 1 aliphatic rings. The number of halogens is 4. The first-order valence-corrected chi connectivity index (χ1v) is 13.1. The Hall–Kier alpha value is -3.63. The number of alkyl halides is 3. The number of carboxylic acids is 1. The van der Waals surface area contributed by atoms with E-state index in [1.807, 2.05) is 0 Å². The highest BCUT2D eigenvalue weighted by Gasteiger charge is 2.31. The summed E-state index contributed by atoms with van der Waals surface area (Å²) in [6.07, 6.45) is 0.519. The molecule has 3 aromatic carbocycles. The van der Waals surface area contributed by atoms with Crippen LogP contribution in [0.25, 0.3) is 20.5 Å². The highest BCUT2D eigenvalue weighted by atomic mass is 32.1. The molecule has 204 valence electrons. The Labute approximate surface area is 226 Å². The fraction of sp³-hybridized carbons (Fsp3) is 0.276. The molecule has 10 heteroatoms. The van der Waals surface area contributed by atoms with Crippen molar-refractivity contribution in [1.29, 1.82) is 0 Å². The lowest BCUT2D eigenvalue weighted by molar-refractivity contribution is 0.0177. The summed E-state index contributed by atoms with van der Waals surface area (Å²) in [6.45, 7) is 2.51. The van der Waals surface area contributed by atoms with Crippen LogP contribution in [-0.2, 0) is 5.92 Å². The van der Waals surface area contributed by atoms with Crippen LogP contribution in [0.1, 0.15) is 29.3 Å². The van der Waals surface area contributed by atoms with Crippen LogP contribution >= 0.6 is 11.3 Å². The van der Waals surface area contributed by atoms with Gasteiger partial charge in [0.25, 0.3) is 5.92 Å². The highest BCUT2D eigenvalue weighted by molar-refractivity contribution is 7.22.